The van der Waals surface area contributed by atoms with E-state index < -0.39 is 11.9 Å². The van der Waals surface area contributed by atoms with E-state index in [1.165, 1.54) is 0 Å². The molecule has 0 aliphatic heterocycles. The number of carboxylic acid groups (broad SMARTS) is 2. The number of hydrogen-bond donors (Lipinski definition) is 2. The van der Waals surface area contributed by atoms with E-state index in [0.717, 1.165) is 109 Å². The second-order valence-electron chi connectivity index (χ2n) is 20.1. The van der Waals surface area contributed by atoms with Crippen molar-refractivity contribution in [3.8, 4) is 78.6 Å². The number of aromatic carboxylic acids is 2. The lowest BCUT2D eigenvalue weighted by atomic mass is 9.89. The molecule has 0 fully saturated rings. The number of benzene rings is 14. The van der Waals surface area contributed by atoms with Gasteiger partial charge in [-0.05, 0) is 159 Å². The fourth-order valence-electron chi connectivity index (χ4n) is 11.7. The van der Waals surface area contributed by atoms with E-state index in [4.69, 9.17) is 9.47 Å². The molecule has 0 radical (unpaired) electrons. The third-order valence-electron chi connectivity index (χ3n) is 15.5. The standard InChI is InChI=1S/C74H46O6/c75-73(76)53-33-37-67(65(43-53)63-27-11-19-47-15-3-7-23-57(47)63)79-69-39-31-51-41-49(59-25-9-17-45-13-1-5-21-55(45)59)29-35-61(51)71(69)72-62-36-30-50(60-26-10-18-46-14-2-6-22-56(46)60)42-52(62)32-40-70(72)80-68-38-34-54(74(77)78)44-66(68)64-28-12-20-48-16-4-8-24-58(48)64/h1-44H,(H,75,76)(H,77,78). The number of ether oxygens (including phenoxy) is 2. The average Bonchev–Trinajstić information content (AvgIpc) is 3.69. The van der Waals surface area contributed by atoms with E-state index >= 15 is 0 Å². The van der Waals surface area contributed by atoms with Crippen LogP contribution in [0.2, 0.25) is 0 Å². The molecule has 0 aromatic heterocycles. The molecule has 80 heavy (non-hydrogen) atoms. The molecule has 0 heterocycles. The highest BCUT2D eigenvalue weighted by molar-refractivity contribution is 6.13. The first-order valence-corrected chi connectivity index (χ1v) is 26.5. The van der Waals surface area contributed by atoms with Crippen molar-refractivity contribution in [3.63, 3.8) is 0 Å². The van der Waals surface area contributed by atoms with E-state index in [2.05, 4.69) is 133 Å². The van der Waals surface area contributed by atoms with Crippen LogP contribution in [0.25, 0.3) is 120 Å². The summed E-state index contributed by atoms with van der Waals surface area (Å²) < 4.78 is 14.8. The molecule has 14 rings (SSSR count). The van der Waals surface area contributed by atoms with Crippen LogP contribution in [0.5, 0.6) is 23.0 Å². The lowest BCUT2D eigenvalue weighted by Crippen LogP contribution is -2.00. The Morgan fingerprint density at radius 1 is 0.250 bits per heavy atom. The van der Waals surface area contributed by atoms with Gasteiger partial charge in [-0.2, -0.15) is 0 Å². The van der Waals surface area contributed by atoms with Crippen LogP contribution in [0, 0.1) is 0 Å². The van der Waals surface area contributed by atoms with Crippen LogP contribution in [-0.2, 0) is 0 Å². The first kappa shape index (κ1) is 47.6. The molecular weight excluding hydrogens is 985 g/mol. The number of rotatable bonds is 11. The van der Waals surface area contributed by atoms with E-state index in [9.17, 15) is 19.8 Å². The van der Waals surface area contributed by atoms with Gasteiger partial charge in [0.25, 0.3) is 0 Å². The molecule has 0 aliphatic rings. The molecule has 0 bridgehead atoms. The van der Waals surface area contributed by atoms with E-state index in [-0.39, 0.29) is 11.1 Å². The minimum atomic E-state index is -1.05. The molecule has 6 heteroatoms. The molecule has 0 unspecified atom stereocenters. The van der Waals surface area contributed by atoms with Gasteiger partial charge in [0.15, 0.2) is 0 Å². The third kappa shape index (κ3) is 8.40. The van der Waals surface area contributed by atoms with Gasteiger partial charge in [-0.1, -0.05) is 206 Å². The summed E-state index contributed by atoms with van der Waals surface area (Å²) in [6, 6.07) is 89.0. The van der Waals surface area contributed by atoms with Crippen molar-refractivity contribution in [1.29, 1.82) is 0 Å². The Balaban J connectivity index is 1.05. The minimum absolute atomic E-state index is 0.127. The summed E-state index contributed by atoms with van der Waals surface area (Å²) in [4.78, 5) is 25.5. The number of carbonyl (C=O) groups is 2. The maximum absolute atomic E-state index is 12.7. The molecule has 0 atom stereocenters. The van der Waals surface area contributed by atoms with Crippen molar-refractivity contribution in [2.24, 2.45) is 0 Å². The van der Waals surface area contributed by atoms with Crippen molar-refractivity contribution in [3.05, 3.63) is 278 Å². The van der Waals surface area contributed by atoms with Gasteiger partial charge in [0, 0.05) is 22.3 Å². The van der Waals surface area contributed by atoms with Gasteiger partial charge in [0.1, 0.15) is 23.0 Å². The lowest BCUT2D eigenvalue weighted by Gasteiger charge is -2.22. The van der Waals surface area contributed by atoms with Crippen LogP contribution in [0.3, 0.4) is 0 Å². The van der Waals surface area contributed by atoms with Crippen molar-refractivity contribution in [2.75, 3.05) is 0 Å². The molecule has 0 spiro atoms. The smallest absolute Gasteiger partial charge is 0.335 e. The molecule has 14 aromatic carbocycles. The Bertz CT molecular complexity index is 4530. The summed E-state index contributed by atoms with van der Waals surface area (Å²) in [6.45, 7) is 0. The summed E-state index contributed by atoms with van der Waals surface area (Å²) in [5, 5.41) is 33.0. The first-order chi connectivity index (χ1) is 39.3. The fraction of sp³-hybridized carbons (Fsp3) is 0. The molecule has 0 saturated heterocycles. The van der Waals surface area contributed by atoms with Crippen LogP contribution in [0.1, 0.15) is 20.7 Å². The second kappa shape index (κ2) is 19.6. The first-order valence-electron chi connectivity index (χ1n) is 26.5. The van der Waals surface area contributed by atoms with Gasteiger partial charge in [-0.15, -0.1) is 0 Å². The predicted octanol–water partition coefficient (Wildman–Crippen LogP) is 19.9. The Labute approximate surface area is 460 Å². The average molecular weight is 1030 g/mol. The van der Waals surface area contributed by atoms with Crippen LogP contribution in [0.15, 0.2) is 267 Å². The molecular formula is C74H46O6. The summed E-state index contributed by atoms with van der Waals surface area (Å²) in [5.41, 5.74) is 8.91. The van der Waals surface area contributed by atoms with E-state index in [1.54, 1.807) is 36.4 Å². The molecule has 0 aliphatic carbocycles. The largest absolute Gasteiger partial charge is 0.478 e. The predicted molar refractivity (Wildman–Crippen MR) is 326 cm³/mol. The Kier molecular flexibility index (Phi) is 11.7. The number of hydrogen-bond acceptors (Lipinski definition) is 4. The highest BCUT2D eigenvalue weighted by Gasteiger charge is 2.25. The molecule has 378 valence electrons. The maximum Gasteiger partial charge on any atom is 0.335 e. The van der Waals surface area contributed by atoms with Gasteiger partial charge < -0.3 is 19.7 Å². The zero-order chi connectivity index (χ0) is 53.8. The van der Waals surface area contributed by atoms with Crippen LogP contribution >= 0.6 is 0 Å². The fourth-order valence-corrected chi connectivity index (χ4v) is 11.7. The zero-order valence-corrected chi connectivity index (χ0v) is 42.9. The zero-order valence-electron chi connectivity index (χ0n) is 42.9. The lowest BCUT2D eigenvalue weighted by molar-refractivity contribution is 0.0686. The summed E-state index contributed by atoms with van der Waals surface area (Å²) in [7, 11) is 0. The van der Waals surface area contributed by atoms with E-state index in [1.807, 2.05) is 97.1 Å². The molecule has 0 amide bonds. The van der Waals surface area contributed by atoms with Crippen molar-refractivity contribution < 1.29 is 29.3 Å². The Morgan fingerprint density at radius 2 is 0.575 bits per heavy atom. The third-order valence-corrected chi connectivity index (χ3v) is 15.5. The second-order valence-corrected chi connectivity index (χ2v) is 20.1. The van der Waals surface area contributed by atoms with Gasteiger partial charge in [0.2, 0.25) is 0 Å². The monoisotopic (exact) mass is 1030 g/mol. The maximum atomic E-state index is 12.7. The Hall–Kier alpha value is -10.8. The van der Waals surface area contributed by atoms with Crippen LogP contribution in [-0.4, -0.2) is 22.2 Å². The van der Waals surface area contributed by atoms with Crippen molar-refractivity contribution >= 4 is 76.6 Å². The van der Waals surface area contributed by atoms with Gasteiger partial charge in [0.05, 0.1) is 11.1 Å². The van der Waals surface area contributed by atoms with Gasteiger partial charge >= 0.3 is 11.9 Å². The highest BCUT2D eigenvalue weighted by atomic mass is 16.5. The number of fused-ring (bicyclic) bond motifs is 6. The SMILES string of the molecule is O=C(O)c1ccc(Oc2ccc3cc(-c4cccc5ccccc45)ccc3c2-c2c(Oc3ccc(C(=O)O)cc3-c3cccc4ccccc34)ccc3cc(-c4cccc5ccccc45)ccc23)c(-c2cccc3ccccc23)c1. The van der Waals surface area contributed by atoms with Gasteiger partial charge in [-0.3, -0.25) is 0 Å². The minimum Gasteiger partial charge on any atom is -0.478 e. The van der Waals surface area contributed by atoms with Crippen molar-refractivity contribution in [2.45, 2.75) is 0 Å². The normalized spacial score (nSPS) is 11.4. The molecule has 2 N–H and O–H groups in total. The molecule has 6 nitrogen and oxygen atoms in total. The van der Waals surface area contributed by atoms with Crippen molar-refractivity contribution in [1.82, 2.24) is 0 Å². The quantitative estimate of drug-likeness (QED) is 0.134. The highest BCUT2D eigenvalue weighted by Crippen LogP contribution is 2.51. The summed E-state index contributed by atoms with van der Waals surface area (Å²) in [6.07, 6.45) is 0. The summed E-state index contributed by atoms with van der Waals surface area (Å²) >= 11 is 0. The van der Waals surface area contributed by atoms with Gasteiger partial charge in [-0.25, -0.2) is 9.59 Å². The molecule has 0 saturated carbocycles. The summed E-state index contributed by atoms with van der Waals surface area (Å²) in [5.74, 6) is -0.167. The molecule has 14 aromatic rings. The Morgan fingerprint density at radius 3 is 0.950 bits per heavy atom. The number of carboxylic acids is 2. The van der Waals surface area contributed by atoms with Crippen LogP contribution in [0.4, 0.5) is 0 Å². The topological polar surface area (TPSA) is 93.1 Å². The van der Waals surface area contributed by atoms with Crippen LogP contribution < -0.4 is 9.47 Å². The van der Waals surface area contributed by atoms with E-state index in [0.29, 0.717) is 34.1 Å².